The Hall–Kier alpha value is -3.02. The molecule has 0 heterocycles. The molecule has 0 spiro atoms. The molecule has 0 saturated heterocycles. The minimum atomic E-state index is -1.44. The molecule has 3 amide bonds. The Morgan fingerprint density at radius 3 is 1.90 bits per heavy atom. The van der Waals surface area contributed by atoms with Gasteiger partial charge in [0, 0.05) is 6.42 Å². The van der Waals surface area contributed by atoms with E-state index < -0.39 is 67.0 Å². The van der Waals surface area contributed by atoms with E-state index in [2.05, 4.69) is 16.0 Å². The van der Waals surface area contributed by atoms with E-state index in [1.165, 1.54) is 0 Å². The first-order valence-electron chi connectivity index (χ1n) is 9.75. The van der Waals surface area contributed by atoms with Crippen molar-refractivity contribution in [1.29, 1.82) is 0 Å². The molecule has 0 radical (unpaired) electrons. The number of amides is 3. The number of aliphatic hydroxyl groups is 2. The van der Waals surface area contributed by atoms with Gasteiger partial charge in [-0.1, -0.05) is 44.2 Å². The lowest BCUT2D eigenvalue weighted by Gasteiger charge is -2.25. The summed E-state index contributed by atoms with van der Waals surface area (Å²) in [5.41, 5.74) is 6.20. The molecule has 1 aromatic carbocycles. The minimum Gasteiger partial charge on any atom is -0.480 e. The fourth-order valence-corrected chi connectivity index (χ4v) is 2.65. The molecule has 0 saturated carbocycles. The number of carbonyl (C=O) groups is 4. The van der Waals surface area contributed by atoms with Gasteiger partial charge in [-0.2, -0.15) is 0 Å². The van der Waals surface area contributed by atoms with Gasteiger partial charge in [-0.05, 0) is 11.5 Å². The van der Waals surface area contributed by atoms with E-state index in [1.54, 1.807) is 44.2 Å². The molecule has 0 fully saturated rings. The Kier molecular flexibility index (Phi) is 10.6. The molecule has 0 aliphatic heterocycles. The Morgan fingerprint density at radius 2 is 1.42 bits per heavy atom. The number of aliphatic hydroxyl groups excluding tert-OH is 2. The highest BCUT2D eigenvalue weighted by Gasteiger charge is 2.31. The van der Waals surface area contributed by atoms with Gasteiger partial charge in [0.15, 0.2) is 0 Å². The molecular formula is C20H30N4O7. The summed E-state index contributed by atoms with van der Waals surface area (Å²) in [5.74, 6) is -4.11. The van der Waals surface area contributed by atoms with Gasteiger partial charge < -0.3 is 37.0 Å². The molecule has 172 valence electrons. The number of benzene rings is 1. The Bertz CT molecular complexity index is 757. The SMILES string of the molecule is CC(C)C(NC(=O)C(CO)NC(=O)C(Cc1ccccc1)NC(=O)C(N)CO)C(=O)O. The minimum absolute atomic E-state index is 0.0556. The standard InChI is InChI=1S/C20H30N4O7/c1-11(2)16(20(30)31)24-19(29)15(10-26)23-18(28)14(22-17(27)13(21)9-25)8-12-6-4-3-5-7-12/h3-7,11,13-16,25-26H,8-10,21H2,1-2H3,(H,22,27)(H,23,28)(H,24,29)(H,30,31). The summed E-state index contributed by atoms with van der Waals surface area (Å²) in [6.45, 7) is 1.78. The second kappa shape index (κ2) is 12.6. The molecule has 11 heteroatoms. The zero-order valence-corrected chi connectivity index (χ0v) is 17.4. The Morgan fingerprint density at radius 1 is 0.871 bits per heavy atom. The van der Waals surface area contributed by atoms with Gasteiger partial charge in [0.2, 0.25) is 17.7 Å². The highest BCUT2D eigenvalue weighted by atomic mass is 16.4. The third-order valence-corrected chi connectivity index (χ3v) is 4.50. The molecule has 1 rings (SSSR count). The number of carbonyl (C=O) groups excluding carboxylic acids is 3. The lowest BCUT2D eigenvalue weighted by Crippen LogP contribution is -2.59. The first-order chi connectivity index (χ1) is 14.6. The highest BCUT2D eigenvalue weighted by molar-refractivity contribution is 5.94. The average molecular weight is 438 g/mol. The van der Waals surface area contributed by atoms with Gasteiger partial charge in [0.25, 0.3) is 0 Å². The number of aliphatic carboxylic acids is 1. The molecule has 1 aromatic rings. The van der Waals surface area contributed by atoms with Gasteiger partial charge in [0.05, 0.1) is 13.2 Å². The van der Waals surface area contributed by atoms with Crippen molar-refractivity contribution in [2.45, 2.75) is 44.4 Å². The number of nitrogens with one attached hydrogen (secondary N) is 3. The van der Waals surface area contributed by atoms with Crippen molar-refractivity contribution < 1.29 is 34.5 Å². The van der Waals surface area contributed by atoms with Crippen LogP contribution in [0.3, 0.4) is 0 Å². The zero-order chi connectivity index (χ0) is 23.6. The summed E-state index contributed by atoms with van der Waals surface area (Å²) in [6.07, 6.45) is 0.0556. The third-order valence-electron chi connectivity index (χ3n) is 4.50. The Labute approximate surface area is 180 Å². The number of nitrogens with two attached hydrogens (primary N) is 1. The number of hydrogen-bond acceptors (Lipinski definition) is 7. The normalized spacial score (nSPS) is 14.8. The fourth-order valence-electron chi connectivity index (χ4n) is 2.65. The van der Waals surface area contributed by atoms with Crippen LogP contribution in [0.2, 0.25) is 0 Å². The van der Waals surface area contributed by atoms with Crippen molar-refractivity contribution in [2.75, 3.05) is 13.2 Å². The summed E-state index contributed by atoms with van der Waals surface area (Å²) in [4.78, 5) is 48.6. The maximum atomic E-state index is 12.8. The summed E-state index contributed by atoms with van der Waals surface area (Å²) in [5, 5.41) is 34.8. The second-order valence-corrected chi connectivity index (χ2v) is 7.35. The van der Waals surface area contributed by atoms with Crippen LogP contribution in [0.4, 0.5) is 0 Å². The van der Waals surface area contributed by atoms with Crippen LogP contribution in [-0.4, -0.2) is 76.4 Å². The first kappa shape index (κ1) is 26.0. The van der Waals surface area contributed by atoms with Crippen LogP contribution in [0.25, 0.3) is 0 Å². The van der Waals surface area contributed by atoms with Crippen molar-refractivity contribution in [3.63, 3.8) is 0 Å². The van der Waals surface area contributed by atoms with E-state index in [0.29, 0.717) is 5.56 Å². The molecule has 0 bridgehead atoms. The molecule has 0 aliphatic rings. The maximum Gasteiger partial charge on any atom is 0.326 e. The number of rotatable bonds is 12. The fraction of sp³-hybridized carbons (Fsp3) is 0.500. The van der Waals surface area contributed by atoms with Crippen LogP contribution in [0.5, 0.6) is 0 Å². The second-order valence-electron chi connectivity index (χ2n) is 7.35. The number of hydrogen-bond donors (Lipinski definition) is 7. The van der Waals surface area contributed by atoms with Crippen LogP contribution in [0, 0.1) is 5.92 Å². The van der Waals surface area contributed by atoms with Crippen molar-refractivity contribution in [1.82, 2.24) is 16.0 Å². The quantitative estimate of drug-likeness (QED) is 0.190. The van der Waals surface area contributed by atoms with E-state index in [4.69, 9.17) is 10.8 Å². The summed E-state index contributed by atoms with van der Waals surface area (Å²) >= 11 is 0. The molecule has 4 unspecified atom stereocenters. The molecule has 0 aliphatic carbocycles. The van der Waals surface area contributed by atoms with Crippen LogP contribution < -0.4 is 21.7 Å². The van der Waals surface area contributed by atoms with Crippen molar-refractivity contribution in [2.24, 2.45) is 11.7 Å². The molecule has 31 heavy (non-hydrogen) atoms. The van der Waals surface area contributed by atoms with Gasteiger partial charge in [-0.25, -0.2) is 4.79 Å². The van der Waals surface area contributed by atoms with Gasteiger partial charge in [0.1, 0.15) is 24.2 Å². The molecule has 4 atom stereocenters. The lowest BCUT2D eigenvalue weighted by atomic mass is 10.0. The van der Waals surface area contributed by atoms with Gasteiger partial charge >= 0.3 is 5.97 Å². The average Bonchev–Trinajstić information content (AvgIpc) is 2.74. The monoisotopic (exact) mass is 438 g/mol. The summed E-state index contributed by atoms with van der Waals surface area (Å²) in [6, 6.07) is 3.68. The maximum absolute atomic E-state index is 12.8. The van der Waals surface area contributed by atoms with Crippen molar-refractivity contribution >= 4 is 23.7 Å². The van der Waals surface area contributed by atoms with E-state index in [0.717, 1.165) is 0 Å². The van der Waals surface area contributed by atoms with Crippen molar-refractivity contribution in [3.05, 3.63) is 35.9 Å². The summed E-state index contributed by atoms with van der Waals surface area (Å²) < 4.78 is 0. The van der Waals surface area contributed by atoms with E-state index in [9.17, 15) is 29.4 Å². The number of carboxylic acids is 1. The van der Waals surface area contributed by atoms with E-state index in [-0.39, 0.29) is 6.42 Å². The summed E-state index contributed by atoms with van der Waals surface area (Å²) in [7, 11) is 0. The first-order valence-corrected chi connectivity index (χ1v) is 9.75. The number of carboxylic acid groups (broad SMARTS) is 1. The highest BCUT2D eigenvalue weighted by Crippen LogP contribution is 2.06. The van der Waals surface area contributed by atoms with Crippen molar-refractivity contribution in [3.8, 4) is 0 Å². The van der Waals surface area contributed by atoms with E-state index in [1.807, 2.05) is 0 Å². The lowest BCUT2D eigenvalue weighted by molar-refractivity contribution is -0.143. The van der Waals surface area contributed by atoms with Crippen LogP contribution in [0.15, 0.2) is 30.3 Å². The predicted octanol–water partition coefficient (Wildman–Crippen LogP) is -2.26. The molecule has 11 nitrogen and oxygen atoms in total. The Balaban J connectivity index is 2.96. The van der Waals surface area contributed by atoms with Crippen LogP contribution in [0.1, 0.15) is 19.4 Å². The van der Waals surface area contributed by atoms with Crippen LogP contribution in [-0.2, 0) is 25.6 Å². The third kappa shape index (κ3) is 8.32. The molecule has 8 N–H and O–H groups in total. The zero-order valence-electron chi connectivity index (χ0n) is 17.4. The van der Waals surface area contributed by atoms with Gasteiger partial charge in [-0.3, -0.25) is 14.4 Å². The topological polar surface area (TPSA) is 191 Å². The molecular weight excluding hydrogens is 408 g/mol. The smallest absolute Gasteiger partial charge is 0.326 e. The van der Waals surface area contributed by atoms with Crippen LogP contribution >= 0.6 is 0 Å². The van der Waals surface area contributed by atoms with E-state index >= 15 is 0 Å². The van der Waals surface area contributed by atoms with Gasteiger partial charge in [-0.15, -0.1) is 0 Å². The molecule has 0 aromatic heterocycles. The largest absolute Gasteiger partial charge is 0.480 e. The predicted molar refractivity (Wildman–Crippen MR) is 111 cm³/mol.